The summed E-state index contributed by atoms with van der Waals surface area (Å²) in [7, 11) is 1.52. The summed E-state index contributed by atoms with van der Waals surface area (Å²) in [5.74, 6) is -2.78. The molecule has 1 N–H and O–H groups in total. The van der Waals surface area contributed by atoms with Gasteiger partial charge in [0.2, 0.25) is 0 Å². The number of aromatic nitrogens is 4. The highest BCUT2D eigenvalue weighted by Crippen LogP contribution is 2.28. The van der Waals surface area contributed by atoms with Gasteiger partial charge in [0.1, 0.15) is 29.9 Å². The van der Waals surface area contributed by atoms with Gasteiger partial charge in [-0.3, -0.25) is 0 Å². The van der Waals surface area contributed by atoms with Crippen LogP contribution in [0.4, 0.5) is 13.2 Å². The van der Waals surface area contributed by atoms with Crippen molar-refractivity contribution in [3.05, 3.63) is 106 Å². The number of aromatic carboxylic acids is 1. The van der Waals surface area contributed by atoms with E-state index in [-0.39, 0.29) is 52.5 Å². The average molecular weight is 574 g/mol. The number of nitrogens with zero attached hydrogens (tertiary/aromatic N) is 5. The highest BCUT2D eigenvalue weighted by molar-refractivity contribution is 5.92. The summed E-state index contributed by atoms with van der Waals surface area (Å²) < 4.78 is 57.2. The third-order valence-corrected chi connectivity index (χ3v) is 6.53. The fourth-order valence-electron chi connectivity index (χ4n) is 4.40. The van der Waals surface area contributed by atoms with Gasteiger partial charge in [-0.1, -0.05) is 6.07 Å². The van der Waals surface area contributed by atoms with Crippen LogP contribution in [0, 0.1) is 28.8 Å². The van der Waals surface area contributed by atoms with Crippen molar-refractivity contribution in [2.75, 3.05) is 13.7 Å². The molecule has 0 bridgehead atoms. The van der Waals surface area contributed by atoms with E-state index in [0.29, 0.717) is 30.0 Å². The molecule has 2 heterocycles. The van der Waals surface area contributed by atoms with Gasteiger partial charge in [-0.15, -0.1) is 0 Å². The SMILES string of the molecule is COCCn1c(Cc2cc(F)c(-c3ccnc(OCc4ccc(C#N)cc4F)n3)cc2F)nc2ccc(C(=O)O)cc21. The number of benzene rings is 3. The molecule has 0 amide bonds. The lowest BCUT2D eigenvalue weighted by atomic mass is 10.0. The molecule has 9 nitrogen and oxygen atoms in total. The Bertz CT molecular complexity index is 1850. The summed E-state index contributed by atoms with van der Waals surface area (Å²) >= 11 is 0. The van der Waals surface area contributed by atoms with E-state index in [9.17, 15) is 14.3 Å². The zero-order chi connectivity index (χ0) is 29.8. The van der Waals surface area contributed by atoms with Crippen LogP contribution in [-0.4, -0.2) is 44.3 Å². The minimum atomic E-state index is -1.10. The number of imidazole rings is 1. The largest absolute Gasteiger partial charge is 0.478 e. The van der Waals surface area contributed by atoms with E-state index in [0.717, 1.165) is 18.2 Å². The van der Waals surface area contributed by atoms with Crippen molar-refractivity contribution in [1.82, 2.24) is 19.5 Å². The monoisotopic (exact) mass is 573 g/mol. The Morgan fingerprint density at radius 1 is 1.00 bits per heavy atom. The molecule has 42 heavy (non-hydrogen) atoms. The average Bonchev–Trinajstić information content (AvgIpc) is 3.33. The number of carbonyl (C=O) groups is 1. The Morgan fingerprint density at radius 3 is 2.55 bits per heavy atom. The highest BCUT2D eigenvalue weighted by atomic mass is 19.1. The lowest BCUT2D eigenvalue weighted by molar-refractivity contribution is 0.0697. The molecule has 0 radical (unpaired) electrons. The zero-order valence-electron chi connectivity index (χ0n) is 22.1. The second kappa shape index (κ2) is 12.1. The molecule has 12 heteroatoms. The second-order valence-corrected chi connectivity index (χ2v) is 9.21. The summed E-state index contributed by atoms with van der Waals surface area (Å²) in [4.78, 5) is 24.1. The van der Waals surface area contributed by atoms with Crippen LogP contribution >= 0.6 is 0 Å². The molecular weight excluding hydrogens is 551 g/mol. The number of carboxylic acid groups (broad SMARTS) is 1. The van der Waals surface area contributed by atoms with Crippen molar-refractivity contribution in [3.8, 4) is 23.3 Å². The molecule has 5 aromatic rings. The van der Waals surface area contributed by atoms with E-state index in [1.807, 2.05) is 6.07 Å². The molecule has 0 saturated carbocycles. The number of nitriles is 1. The summed E-state index contributed by atoms with van der Waals surface area (Å²) in [5, 5.41) is 18.3. The van der Waals surface area contributed by atoms with Crippen LogP contribution in [0.2, 0.25) is 0 Å². The summed E-state index contributed by atoms with van der Waals surface area (Å²) in [6.45, 7) is 0.375. The zero-order valence-corrected chi connectivity index (χ0v) is 22.1. The van der Waals surface area contributed by atoms with Crippen LogP contribution in [0.25, 0.3) is 22.3 Å². The lowest BCUT2D eigenvalue weighted by Gasteiger charge is -2.11. The number of methoxy groups -OCH3 is 1. The molecule has 0 atom stereocenters. The Kier molecular flexibility index (Phi) is 8.12. The first-order valence-electron chi connectivity index (χ1n) is 12.6. The second-order valence-electron chi connectivity index (χ2n) is 9.21. The van der Waals surface area contributed by atoms with Crippen LogP contribution in [0.3, 0.4) is 0 Å². The van der Waals surface area contributed by atoms with Gasteiger partial charge in [0, 0.05) is 37.4 Å². The van der Waals surface area contributed by atoms with E-state index in [2.05, 4.69) is 15.0 Å². The van der Waals surface area contributed by atoms with Crippen LogP contribution in [0.5, 0.6) is 6.01 Å². The van der Waals surface area contributed by atoms with Gasteiger partial charge in [0.25, 0.3) is 0 Å². The van der Waals surface area contributed by atoms with Gasteiger partial charge in [0.05, 0.1) is 40.5 Å². The molecule has 0 aliphatic heterocycles. The van der Waals surface area contributed by atoms with Gasteiger partial charge in [-0.25, -0.2) is 27.9 Å². The summed E-state index contributed by atoms with van der Waals surface area (Å²) in [6, 6.07) is 13.5. The van der Waals surface area contributed by atoms with Crippen molar-refractivity contribution >= 4 is 17.0 Å². The first-order valence-corrected chi connectivity index (χ1v) is 12.6. The Hall–Kier alpha value is -5.28. The number of halogens is 3. The maximum atomic E-state index is 15.3. The maximum absolute atomic E-state index is 15.3. The van der Waals surface area contributed by atoms with Gasteiger partial charge in [0.15, 0.2) is 0 Å². The Balaban J connectivity index is 1.40. The molecule has 212 valence electrons. The van der Waals surface area contributed by atoms with Crippen LogP contribution in [0.15, 0.2) is 60.8 Å². The predicted octanol–water partition coefficient (Wildman–Crippen LogP) is 5.30. The third kappa shape index (κ3) is 5.91. The number of ether oxygens (including phenoxy) is 2. The molecule has 0 spiro atoms. The molecule has 3 aromatic carbocycles. The molecule has 0 unspecified atom stereocenters. The molecular formula is C30H22F3N5O4. The maximum Gasteiger partial charge on any atom is 0.335 e. The first kappa shape index (κ1) is 28.3. The van der Waals surface area contributed by atoms with E-state index in [4.69, 9.17) is 14.7 Å². The molecule has 0 saturated heterocycles. The standard InChI is InChI=1S/C30H22F3N5O4/c1-41-9-8-38-27-12-18(29(39)40)4-5-26(27)36-28(38)13-20-11-24(33)21(14-23(20)32)25-6-7-35-30(37-25)42-16-19-3-2-17(15-34)10-22(19)31/h2-7,10-12,14H,8-9,13,16H2,1H3,(H,39,40). The van der Waals surface area contributed by atoms with Crippen molar-refractivity contribution in [2.24, 2.45) is 0 Å². The molecule has 0 aliphatic carbocycles. The van der Waals surface area contributed by atoms with Crippen molar-refractivity contribution < 1.29 is 32.5 Å². The lowest BCUT2D eigenvalue weighted by Crippen LogP contribution is -2.10. The molecule has 5 rings (SSSR count). The molecule has 2 aromatic heterocycles. The van der Waals surface area contributed by atoms with E-state index >= 15 is 8.78 Å². The Labute approximate surface area is 237 Å². The van der Waals surface area contributed by atoms with Crippen molar-refractivity contribution in [2.45, 2.75) is 19.6 Å². The smallest absolute Gasteiger partial charge is 0.335 e. The van der Waals surface area contributed by atoms with Crippen molar-refractivity contribution in [3.63, 3.8) is 0 Å². The summed E-state index contributed by atoms with van der Waals surface area (Å²) in [6.07, 6.45) is 1.24. The third-order valence-electron chi connectivity index (χ3n) is 6.53. The predicted molar refractivity (Wildman–Crippen MR) is 144 cm³/mol. The van der Waals surface area contributed by atoms with E-state index < -0.39 is 23.4 Å². The number of hydrogen-bond donors (Lipinski definition) is 1. The fourth-order valence-corrected chi connectivity index (χ4v) is 4.40. The van der Waals surface area contributed by atoms with Gasteiger partial charge >= 0.3 is 12.0 Å². The Morgan fingerprint density at radius 2 is 1.81 bits per heavy atom. The first-order chi connectivity index (χ1) is 20.3. The minimum absolute atomic E-state index is 0.0329. The minimum Gasteiger partial charge on any atom is -0.478 e. The topological polar surface area (TPSA) is 123 Å². The number of rotatable bonds is 10. The van der Waals surface area contributed by atoms with E-state index in [1.54, 1.807) is 10.6 Å². The van der Waals surface area contributed by atoms with Crippen LogP contribution in [0.1, 0.15) is 32.9 Å². The molecule has 0 aliphatic rings. The van der Waals surface area contributed by atoms with E-state index in [1.165, 1.54) is 43.6 Å². The van der Waals surface area contributed by atoms with Gasteiger partial charge < -0.3 is 19.1 Å². The number of fused-ring (bicyclic) bond motifs is 1. The molecule has 0 fully saturated rings. The fraction of sp³-hybridized carbons (Fsp3) is 0.167. The van der Waals surface area contributed by atoms with Crippen LogP contribution in [-0.2, 0) is 24.3 Å². The number of carboxylic acids is 1. The number of hydrogen-bond acceptors (Lipinski definition) is 7. The normalized spacial score (nSPS) is 11.0. The van der Waals surface area contributed by atoms with Gasteiger partial charge in [-0.2, -0.15) is 10.2 Å². The quantitative estimate of drug-likeness (QED) is 0.239. The van der Waals surface area contributed by atoms with Crippen LogP contribution < -0.4 is 4.74 Å². The highest BCUT2D eigenvalue weighted by Gasteiger charge is 2.19. The van der Waals surface area contributed by atoms with Gasteiger partial charge in [-0.05, 0) is 54.1 Å². The van der Waals surface area contributed by atoms with Crippen molar-refractivity contribution in [1.29, 1.82) is 5.26 Å². The summed E-state index contributed by atoms with van der Waals surface area (Å²) in [5.41, 5.74) is 1.40.